The van der Waals surface area contributed by atoms with Crippen LogP contribution in [0.4, 0.5) is 17.5 Å². The highest BCUT2D eigenvalue weighted by Gasteiger charge is 2.15. The minimum Gasteiger partial charge on any atom is -0.497 e. The van der Waals surface area contributed by atoms with Gasteiger partial charge in [0.2, 0.25) is 5.95 Å². The third kappa shape index (κ3) is 5.61. The van der Waals surface area contributed by atoms with Crippen molar-refractivity contribution in [3.8, 4) is 5.75 Å². The first kappa shape index (κ1) is 22.8. The van der Waals surface area contributed by atoms with Crippen molar-refractivity contribution in [3.05, 3.63) is 48.5 Å². The molecule has 0 spiro atoms. The average molecular weight is 438 g/mol. The van der Waals surface area contributed by atoms with Crippen LogP contribution in [0.1, 0.15) is 6.42 Å². The third-order valence-electron chi connectivity index (χ3n) is 4.74. The average Bonchev–Trinajstić information content (AvgIpc) is 2.80. The van der Waals surface area contributed by atoms with E-state index in [4.69, 9.17) is 25.7 Å². The number of nitrogens with two attached hydrogens (primary N) is 1. The number of rotatable bonds is 10. The molecule has 2 aromatic carbocycles. The van der Waals surface area contributed by atoms with Gasteiger partial charge < -0.3 is 30.5 Å². The molecule has 3 rings (SSSR count). The summed E-state index contributed by atoms with van der Waals surface area (Å²) >= 11 is 0. The number of aliphatic carboxylic acids is 1. The van der Waals surface area contributed by atoms with Crippen LogP contribution in [0.15, 0.2) is 48.5 Å². The van der Waals surface area contributed by atoms with Gasteiger partial charge >= 0.3 is 5.97 Å². The van der Waals surface area contributed by atoms with E-state index in [1.807, 2.05) is 60.5 Å². The number of fused-ring (bicyclic) bond motifs is 1. The Bertz CT molecular complexity index is 1090. The van der Waals surface area contributed by atoms with Gasteiger partial charge in [0, 0.05) is 24.5 Å². The van der Waals surface area contributed by atoms with E-state index in [0.29, 0.717) is 12.5 Å². The topological polar surface area (TPSA) is 147 Å². The number of benzene rings is 2. The minimum absolute atomic E-state index is 0.144. The molecular weight excluding hydrogens is 412 g/mol. The lowest BCUT2D eigenvalue weighted by molar-refractivity contribution is -0.138. The Morgan fingerprint density at radius 1 is 1.22 bits per heavy atom. The molecule has 1 aromatic heterocycles. The van der Waals surface area contributed by atoms with Gasteiger partial charge in [-0.1, -0.05) is 12.1 Å². The number of nitrogens with zero attached hydrogens (tertiary/aromatic N) is 3. The number of hydrogen-bond acceptors (Lipinski definition) is 9. The number of methoxy groups -OCH3 is 1. The van der Waals surface area contributed by atoms with Crippen molar-refractivity contribution in [2.75, 3.05) is 37.5 Å². The summed E-state index contributed by atoms with van der Waals surface area (Å²) in [6.07, 6.45) is -0.168. The molecule has 0 fully saturated rings. The second-order valence-corrected chi connectivity index (χ2v) is 6.99. The van der Waals surface area contributed by atoms with Crippen molar-refractivity contribution in [2.24, 2.45) is 5.73 Å². The van der Waals surface area contributed by atoms with Gasteiger partial charge in [0.15, 0.2) is 5.90 Å². The summed E-state index contributed by atoms with van der Waals surface area (Å²) in [6, 6.07) is 14.2. The minimum atomic E-state index is -1.17. The lowest BCUT2D eigenvalue weighted by Crippen LogP contribution is -2.33. The SMILES string of the molecule is COc1ccc(N(C)c2nc(NCCOC(=N)C[C@H](N)C(=O)O)nc3ccccc23)cc1. The van der Waals surface area contributed by atoms with E-state index in [-0.39, 0.29) is 18.9 Å². The van der Waals surface area contributed by atoms with E-state index in [1.165, 1.54) is 0 Å². The second kappa shape index (κ2) is 10.4. The smallest absolute Gasteiger partial charge is 0.321 e. The summed E-state index contributed by atoms with van der Waals surface area (Å²) in [4.78, 5) is 22.0. The number of aromatic nitrogens is 2. The monoisotopic (exact) mass is 438 g/mol. The van der Waals surface area contributed by atoms with Crippen LogP contribution in [0.5, 0.6) is 5.75 Å². The van der Waals surface area contributed by atoms with Crippen molar-refractivity contribution in [1.82, 2.24) is 9.97 Å². The molecular formula is C22H26N6O4. The standard InChI is InChI=1S/C22H26N6O4/c1-28(14-7-9-15(31-2)10-8-14)20-16-5-3-4-6-18(16)26-22(27-20)25-11-12-32-19(24)13-17(23)21(29)30/h3-10,17,24H,11-13,23H2,1-2H3,(H,29,30)(H,25,26,27)/t17-/m0/s1. The van der Waals surface area contributed by atoms with Gasteiger partial charge in [-0.05, 0) is 36.4 Å². The molecule has 1 atom stereocenters. The quantitative estimate of drug-likeness (QED) is 0.213. The highest BCUT2D eigenvalue weighted by molar-refractivity contribution is 5.92. The molecule has 0 radical (unpaired) electrons. The largest absolute Gasteiger partial charge is 0.497 e. The number of ether oxygens (including phenoxy) is 2. The summed E-state index contributed by atoms with van der Waals surface area (Å²) in [5.41, 5.74) is 7.12. The normalized spacial score (nSPS) is 11.6. The molecule has 0 unspecified atom stereocenters. The van der Waals surface area contributed by atoms with Crippen LogP contribution < -0.4 is 20.7 Å². The van der Waals surface area contributed by atoms with Crippen molar-refractivity contribution in [1.29, 1.82) is 5.41 Å². The van der Waals surface area contributed by atoms with Crippen molar-refractivity contribution < 1.29 is 19.4 Å². The maximum atomic E-state index is 10.8. The fourth-order valence-electron chi connectivity index (χ4n) is 3.01. The lowest BCUT2D eigenvalue weighted by atomic mass is 10.2. The van der Waals surface area contributed by atoms with E-state index in [1.54, 1.807) is 7.11 Å². The van der Waals surface area contributed by atoms with E-state index in [0.717, 1.165) is 28.2 Å². The van der Waals surface area contributed by atoms with Crippen LogP contribution in [-0.2, 0) is 9.53 Å². The number of carboxylic acid groups (broad SMARTS) is 1. The molecule has 0 aliphatic rings. The Hall–Kier alpha value is -3.92. The van der Waals surface area contributed by atoms with E-state index < -0.39 is 12.0 Å². The molecule has 10 heteroatoms. The first-order chi connectivity index (χ1) is 15.4. The van der Waals surface area contributed by atoms with Gasteiger partial charge in [-0.3, -0.25) is 10.2 Å². The molecule has 0 aliphatic carbocycles. The highest BCUT2D eigenvalue weighted by Crippen LogP contribution is 2.30. The Kier molecular flexibility index (Phi) is 7.40. The summed E-state index contributed by atoms with van der Waals surface area (Å²) in [6.45, 7) is 0.472. The zero-order chi connectivity index (χ0) is 23.1. The van der Waals surface area contributed by atoms with Crippen LogP contribution in [0.2, 0.25) is 0 Å². The maximum Gasteiger partial charge on any atom is 0.321 e. The Morgan fingerprint density at radius 3 is 2.62 bits per heavy atom. The van der Waals surface area contributed by atoms with Crippen molar-refractivity contribution >= 4 is 40.2 Å². The number of para-hydroxylation sites is 1. The first-order valence-corrected chi connectivity index (χ1v) is 9.96. The zero-order valence-corrected chi connectivity index (χ0v) is 17.9. The summed E-state index contributed by atoms with van der Waals surface area (Å²) in [7, 11) is 3.55. The molecule has 0 saturated carbocycles. The predicted molar refractivity (Wildman–Crippen MR) is 123 cm³/mol. The Labute approximate surface area is 185 Å². The van der Waals surface area contributed by atoms with E-state index >= 15 is 0 Å². The maximum absolute atomic E-state index is 10.8. The third-order valence-corrected chi connectivity index (χ3v) is 4.74. The van der Waals surface area contributed by atoms with Gasteiger partial charge in [-0.2, -0.15) is 4.98 Å². The van der Waals surface area contributed by atoms with Gasteiger partial charge in [-0.25, -0.2) is 4.98 Å². The number of hydrogen-bond donors (Lipinski definition) is 4. The fraction of sp³-hybridized carbons (Fsp3) is 0.273. The van der Waals surface area contributed by atoms with Crippen LogP contribution in [0.3, 0.4) is 0 Å². The lowest BCUT2D eigenvalue weighted by Gasteiger charge is -2.21. The van der Waals surface area contributed by atoms with Crippen molar-refractivity contribution in [3.63, 3.8) is 0 Å². The van der Waals surface area contributed by atoms with E-state index in [2.05, 4.69) is 15.3 Å². The molecule has 32 heavy (non-hydrogen) atoms. The number of anilines is 3. The zero-order valence-electron chi connectivity index (χ0n) is 17.9. The van der Waals surface area contributed by atoms with Crippen LogP contribution in [0.25, 0.3) is 10.9 Å². The van der Waals surface area contributed by atoms with Crippen LogP contribution in [0, 0.1) is 5.41 Å². The van der Waals surface area contributed by atoms with E-state index in [9.17, 15) is 4.79 Å². The first-order valence-electron chi connectivity index (χ1n) is 9.96. The second-order valence-electron chi connectivity index (χ2n) is 6.99. The van der Waals surface area contributed by atoms with Gasteiger partial charge in [0.25, 0.3) is 0 Å². The molecule has 3 aromatic rings. The molecule has 0 aliphatic heterocycles. The molecule has 0 saturated heterocycles. The number of carbonyl (C=O) groups is 1. The molecule has 10 nitrogen and oxygen atoms in total. The Morgan fingerprint density at radius 2 is 1.94 bits per heavy atom. The fourth-order valence-corrected chi connectivity index (χ4v) is 3.01. The van der Waals surface area contributed by atoms with Gasteiger partial charge in [-0.15, -0.1) is 0 Å². The molecule has 0 amide bonds. The number of carboxylic acids is 1. The van der Waals surface area contributed by atoms with Gasteiger partial charge in [0.05, 0.1) is 19.2 Å². The van der Waals surface area contributed by atoms with Crippen LogP contribution >= 0.6 is 0 Å². The molecule has 1 heterocycles. The van der Waals surface area contributed by atoms with Gasteiger partial charge in [0.1, 0.15) is 24.2 Å². The molecule has 5 N–H and O–H groups in total. The molecule has 168 valence electrons. The predicted octanol–water partition coefficient (Wildman–Crippen LogP) is 2.61. The Balaban J connectivity index is 1.71. The van der Waals surface area contributed by atoms with Crippen molar-refractivity contribution in [2.45, 2.75) is 12.5 Å². The summed E-state index contributed by atoms with van der Waals surface area (Å²) < 4.78 is 10.5. The summed E-state index contributed by atoms with van der Waals surface area (Å²) in [5, 5.41) is 20.5. The number of nitrogens with one attached hydrogen (secondary N) is 2. The van der Waals surface area contributed by atoms with Crippen LogP contribution in [-0.4, -0.2) is 60.3 Å². The highest BCUT2D eigenvalue weighted by atomic mass is 16.5. The summed E-state index contributed by atoms with van der Waals surface area (Å²) in [5.74, 6) is 0.559. The molecule has 0 bridgehead atoms.